The molecule has 4 nitrogen and oxygen atoms in total. The highest BCUT2D eigenvalue weighted by molar-refractivity contribution is 7.13. The molecule has 2 heterocycles. The Hall–Kier alpha value is -3.44. The molecule has 0 atom stereocenters. The molecular weight excluding hydrogens is 402 g/mol. The van der Waals surface area contributed by atoms with Crippen molar-refractivity contribution in [1.82, 2.24) is 9.97 Å². The highest BCUT2D eigenvalue weighted by Crippen LogP contribution is 2.32. The highest BCUT2D eigenvalue weighted by atomic mass is 32.1. The third-order valence-electron chi connectivity index (χ3n) is 5.39. The summed E-state index contributed by atoms with van der Waals surface area (Å²) in [6.45, 7) is 6.47. The Morgan fingerprint density at radius 1 is 0.935 bits per heavy atom. The van der Waals surface area contributed by atoms with E-state index in [0.29, 0.717) is 11.9 Å². The van der Waals surface area contributed by atoms with Gasteiger partial charge in [-0.1, -0.05) is 56.3 Å². The second kappa shape index (κ2) is 8.00. The highest BCUT2D eigenvalue weighted by Gasteiger charge is 2.10. The van der Waals surface area contributed by atoms with Gasteiger partial charge in [-0.05, 0) is 48.2 Å². The average molecular weight is 426 g/mol. The number of rotatable bonds is 5. The van der Waals surface area contributed by atoms with E-state index in [2.05, 4.69) is 85.0 Å². The van der Waals surface area contributed by atoms with Crippen molar-refractivity contribution >= 4 is 34.1 Å². The summed E-state index contributed by atoms with van der Waals surface area (Å²) < 4.78 is 5.85. The minimum absolute atomic E-state index is 0.460. The number of hydrogen-bond donors (Lipinski definition) is 1. The maximum atomic E-state index is 5.85. The molecule has 5 rings (SSSR count). The van der Waals surface area contributed by atoms with Gasteiger partial charge < -0.3 is 9.73 Å². The SMILES string of the molecule is Cc1ccccc1-c1nc(-c2ccc(Nc3nc4cc(C(C)C)ccc4o3)cc2)cs1. The van der Waals surface area contributed by atoms with Crippen LogP contribution in [0, 0.1) is 6.92 Å². The number of aromatic nitrogens is 2. The first-order valence-corrected chi connectivity index (χ1v) is 11.2. The van der Waals surface area contributed by atoms with Gasteiger partial charge in [0.1, 0.15) is 10.5 Å². The molecule has 0 spiro atoms. The molecular formula is C26H23N3OS. The Morgan fingerprint density at radius 2 is 1.74 bits per heavy atom. The van der Waals surface area contributed by atoms with Crippen LogP contribution in [0.25, 0.3) is 32.9 Å². The molecule has 3 aromatic carbocycles. The molecule has 0 saturated heterocycles. The number of fused-ring (bicyclic) bond motifs is 1. The molecule has 0 aliphatic rings. The van der Waals surface area contributed by atoms with Gasteiger partial charge in [0.2, 0.25) is 0 Å². The van der Waals surface area contributed by atoms with E-state index >= 15 is 0 Å². The van der Waals surface area contributed by atoms with Crippen molar-refractivity contribution < 1.29 is 4.42 Å². The van der Waals surface area contributed by atoms with Crippen LogP contribution < -0.4 is 5.32 Å². The molecule has 0 amide bonds. The first-order valence-electron chi connectivity index (χ1n) is 10.4. The number of oxazole rings is 1. The van der Waals surface area contributed by atoms with Gasteiger partial charge in [-0.25, -0.2) is 4.98 Å². The van der Waals surface area contributed by atoms with E-state index in [9.17, 15) is 0 Å². The molecule has 0 bridgehead atoms. The van der Waals surface area contributed by atoms with Gasteiger partial charge in [0, 0.05) is 22.2 Å². The Morgan fingerprint density at radius 3 is 2.52 bits per heavy atom. The topological polar surface area (TPSA) is 51.0 Å². The molecule has 0 aliphatic heterocycles. The fourth-order valence-electron chi connectivity index (χ4n) is 3.55. The maximum absolute atomic E-state index is 5.85. The Kier molecular flexibility index (Phi) is 5.04. The molecule has 0 saturated carbocycles. The summed E-state index contributed by atoms with van der Waals surface area (Å²) in [5, 5.41) is 6.42. The van der Waals surface area contributed by atoms with Crippen molar-refractivity contribution in [3.05, 3.63) is 83.2 Å². The third kappa shape index (κ3) is 3.97. The van der Waals surface area contributed by atoms with Gasteiger partial charge in [0.25, 0.3) is 6.01 Å². The van der Waals surface area contributed by atoms with E-state index < -0.39 is 0 Å². The number of thiazole rings is 1. The van der Waals surface area contributed by atoms with Gasteiger partial charge in [0.15, 0.2) is 5.58 Å². The van der Waals surface area contributed by atoms with Crippen LogP contribution in [0.2, 0.25) is 0 Å². The van der Waals surface area contributed by atoms with Crippen molar-refractivity contribution in [2.24, 2.45) is 0 Å². The minimum Gasteiger partial charge on any atom is -0.423 e. The molecule has 31 heavy (non-hydrogen) atoms. The standard InChI is InChI=1S/C26H23N3OS/c1-16(2)19-10-13-24-22(14-19)29-26(30-24)27-20-11-8-18(9-12-20)23-15-31-25(28-23)21-7-5-4-6-17(21)3/h4-16H,1-3H3,(H,27,29). The van der Waals surface area contributed by atoms with Crippen LogP contribution in [-0.2, 0) is 0 Å². The van der Waals surface area contributed by atoms with Gasteiger partial charge in [-0.2, -0.15) is 4.98 Å². The predicted molar refractivity (Wildman–Crippen MR) is 129 cm³/mol. The first-order chi connectivity index (χ1) is 15.1. The van der Waals surface area contributed by atoms with Crippen LogP contribution >= 0.6 is 11.3 Å². The van der Waals surface area contributed by atoms with E-state index in [1.54, 1.807) is 11.3 Å². The Labute approximate surface area is 185 Å². The number of hydrogen-bond acceptors (Lipinski definition) is 5. The van der Waals surface area contributed by atoms with Gasteiger partial charge in [0.05, 0.1) is 5.69 Å². The van der Waals surface area contributed by atoms with Gasteiger partial charge in [-0.15, -0.1) is 11.3 Å². The van der Waals surface area contributed by atoms with Crippen LogP contribution in [0.3, 0.4) is 0 Å². The first kappa shape index (κ1) is 19.5. The van der Waals surface area contributed by atoms with Crippen LogP contribution in [0.1, 0.15) is 30.9 Å². The van der Waals surface area contributed by atoms with Crippen molar-refractivity contribution in [1.29, 1.82) is 0 Å². The Bertz CT molecular complexity index is 1350. The van der Waals surface area contributed by atoms with Crippen molar-refractivity contribution in [2.75, 3.05) is 5.32 Å². The summed E-state index contributed by atoms with van der Waals surface area (Å²) in [6.07, 6.45) is 0. The smallest absolute Gasteiger partial charge is 0.300 e. The van der Waals surface area contributed by atoms with Crippen molar-refractivity contribution in [3.63, 3.8) is 0 Å². The van der Waals surface area contributed by atoms with E-state index in [4.69, 9.17) is 9.40 Å². The molecule has 154 valence electrons. The fraction of sp³-hybridized carbons (Fsp3) is 0.154. The summed E-state index contributed by atoms with van der Waals surface area (Å²) in [5.41, 5.74) is 8.33. The summed E-state index contributed by atoms with van der Waals surface area (Å²) in [4.78, 5) is 9.43. The second-order valence-corrected chi connectivity index (χ2v) is 8.81. The van der Waals surface area contributed by atoms with E-state index in [-0.39, 0.29) is 0 Å². The van der Waals surface area contributed by atoms with Gasteiger partial charge in [-0.3, -0.25) is 0 Å². The molecule has 0 radical (unpaired) electrons. The summed E-state index contributed by atoms with van der Waals surface area (Å²) in [6, 6.07) is 23.2. The number of aryl methyl sites for hydroxylation is 1. The van der Waals surface area contributed by atoms with E-state index in [1.165, 1.54) is 16.7 Å². The zero-order valence-electron chi connectivity index (χ0n) is 17.7. The molecule has 2 aromatic heterocycles. The quantitative estimate of drug-likeness (QED) is 0.312. The summed E-state index contributed by atoms with van der Waals surface area (Å²) in [5.74, 6) is 0.460. The lowest BCUT2D eigenvalue weighted by molar-refractivity contribution is 0.623. The van der Waals surface area contributed by atoms with Crippen LogP contribution in [-0.4, -0.2) is 9.97 Å². The minimum atomic E-state index is 0.460. The zero-order chi connectivity index (χ0) is 21.4. The number of nitrogens with one attached hydrogen (secondary N) is 1. The molecule has 5 heteroatoms. The number of nitrogens with zero attached hydrogens (tertiary/aromatic N) is 2. The van der Waals surface area contributed by atoms with Crippen LogP contribution in [0.15, 0.2) is 76.5 Å². The molecule has 0 aliphatic carbocycles. The molecule has 5 aromatic rings. The fourth-order valence-corrected chi connectivity index (χ4v) is 4.47. The third-order valence-corrected chi connectivity index (χ3v) is 6.27. The summed E-state index contributed by atoms with van der Waals surface area (Å²) in [7, 11) is 0. The molecule has 0 unspecified atom stereocenters. The lowest BCUT2D eigenvalue weighted by Crippen LogP contribution is -1.90. The number of anilines is 2. The largest absolute Gasteiger partial charge is 0.423 e. The van der Waals surface area contributed by atoms with Crippen LogP contribution in [0.5, 0.6) is 0 Å². The summed E-state index contributed by atoms with van der Waals surface area (Å²) >= 11 is 1.67. The van der Waals surface area contributed by atoms with Crippen LogP contribution in [0.4, 0.5) is 11.7 Å². The number of benzene rings is 3. The average Bonchev–Trinajstić information content (AvgIpc) is 3.41. The molecule has 1 N–H and O–H groups in total. The van der Waals surface area contributed by atoms with Gasteiger partial charge >= 0.3 is 0 Å². The maximum Gasteiger partial charge on any atom is 0.300 e. The lowest BCUT2D eigenvalue weighted by atomic mass is 10.0. The molecule has 0 fully saturated rings. The monoisotopic (exact) mass is 425 g/mol. The lowest BCUT2D eigenvalue weighted by Gasteiger charge is -2.03. The Balaban J connectivity index is 1.35. The predicted octanol–water partition coefficient (Wildman–Crippen LogP) is 7.79. The van der Waals surface area contributed by atoms with E-state index in [1.807, 2.05) is 18.2 Å². The van der Waals surface area contributed by atoms with E-state index in [0.717, 1.165) is 33.1 Å². The van der Waals surface area contributed by atoms with Crippen molar-refractivity contribution in [3.8, 4) is 21.8 Å². The zero-order valence-corrected chi connectivity index (χ0v) is 18.5. The van der Waals surface area contributed by atoms with Crippen molar-refractivity contribution in [2.45, 2.75) is 26.7 Å². The second-order valence-electron chi connectivity index (χ2n) is 7.96. The normalized spacial score (nSPS) is 11.4.